The number of hydrogen-bond acceptors (Lipinski definition) is 6. The summed E-state index contributed by atoms with van der Waals surface area (Å²) >= 11 is 1.37. The van der Waals surface area contributed by atoms with Gasteiger partial charge in [-0.2, -0.15) is 4.80 Å². The van der Waals surface area contributed by atoms with Gasteiger partial charge < -0.3 is 4.74 Å². The third-order valence-corrected chi connectivity index (χ3v) is 1.90. The van der Waals surface area contributed by atoms with Gasteiger partial charge in [0.05, 0.1) is 12.9 Å². The third kappa shape index (κ3) is 2.87. The van der Waals surface area contributed by atoms with E-state index in [9.17, 15) is 4.79 Å². The Hall–Kier alpha value is -1.11. The first-order chi connectivity index (χ1) is 5.83. The first-order valence-corrected chi connectivity index (χ1v) is 4.33. The molecule has 0 spiro atoms. The zero-order valence-corrected chi connectivity index (χ0v) is 7.32. The van der Waals surface area contributed by atoms with Crippen molar-refractivity contribution in [2.45, 2.75) is 5.88 Å². The van der Waals surface area contributed by atoms with Crippen molar-refractivity contribution >= 4 is 17.7 Å². The second kappa shape index (κ2) is 4.70. The summed E-state index contributed by atoms with van der Waals surface area (Å²) in [5, 5.41) is 10.9. The van der Waals surface area contributed by atoms with E-state index in [0.29, 0.717) is 11.6 Å². The summed E-state index contributed by atoms with van der Waals surface area (Å²) in [6.45, 7) is 0. The molecule has 0 amide bonds. The van der Waals surface area contributed by atoms with Gasteiger partial charge in [0.25, 0.3) is 0 Å². The number of rotatable bonds is 4. The molecule has 0 saturated heterocycles. The molecule has 0 radical (unpaired) electrons. The number of carbonyl (C=O) groups is 1. The molecule has 1 aromatic heterocycles. The summed E-state index contributed by atoms with van der Waals surface area (Å²) in [5.41, 5.74) is 0. The Bertz CT molecular complexity index is 238. The Morgan fingerprint density at radius 1 is 1.75 bits per heavy atom. The summed E-state index contributed by atoms with van der Waals surface area (Å²) in [4.78, 5) is 12.0. The van der Waals surface area contributed by atoms with E-state index in [1.807, 2.05) is 0 Å². The predicted molar refractivity (Wildman–Crippen MR) is 42.3 cm³/mol. The maximum absolute atomic E-state index is 10.6. The van der Waals surface area contributed by atoms with Crippen molar-refractivity contribution in [3.63, 3.8) is 0 Å². The molecule has 0 aromatic carbocycles. The van der Waals surface area contributed by atoms with Gasteiger partial charge in [-0.15, -0.1) is 22.0 Å². The van der Waals surface area contributed by atoms with E-state index in [1.54, 1.807) is 0 Å². The van der Waals surface area contributed by atoms with E-state index in [0.717, 1.165) is 0 Å². The average Bonchev–Trinajstić information content (AvgIpc) is 2.57. The molecule has 0 aliphatic heterocycles. The van der Waals surface area contributed by atoms with Gasteiger partial charge in [0.2, 0.25) is 0 Å². The molecule has 6 nitrogen and oxygen atoms in total. The summed E-state index contributed by atoms with van der Waals surface area (Å²) in [7, 11) is 1.36. The predicted octanol–water partition coefficient (Wildman–Crippen LogP) is -0.463. The lowest BCUT2D eigenvalue weighted by Gasteiger charge is -1.97. The third-order valence-electron chi connectivity index (χ3n) is 1.05. The SMILES string of the molecule is COC(=O)CSCn1ncnn1. The van der Waals surface area contributed by atoms with Crippen LogP contribution >= 0.6 is 11.8 Å². The number of carbonyl (C=O) groups excluding carboxylic acids is 1. The molecule has 0 aliphatic carbocycles. The highest BCUT2D eigenvalue weighted by molar-refractivity contribution is 7.98. The lowest BCUT2D eigenvalue weighted by Crippen LogP contribution is -2.06. The van der Waals surface area contributed by atoms with Crippen LogP contribution in [-0.2, 0) is 15.4 Å². The van der Waals surface area contributed by atoms with Crippen LogP contribution in [0.2, 0.25) is 0 Å². The van der Waals surface area contributed by atoms with Crippen LogP contribution in [0.1, 0.15) is 0 Å². The van der Waals surface area contributed by atoms with Gasteiger partial charge in [-0.1, -0.05) is 0 Å². The molecule has 0 saturated carbocycles. The van der Waals surface area contributed by atoms with E-state index in [1.165, 1.54) is 30.0 Å². The van der Waals surface area contributed by atoms with Crippen molar-refractivity contribution in [2.24, 2.45) is 0 Å². The van der Waals surface area contributed by atoms with Gasteiger partial charge >= 0.3 is 5.97 Å². The van der Waals surface area contributed by atoms with Crippen LogP contribution in [0.4, 0.5) is 0 Å². The van der Waals surface area contributed by atoms with E-state index >= 15 is 0 Å². The van der Waals surface area contributed by atoms with Gasteiger partial charge in [-0.05, 0) is 5.21 Å². The average molecular weight is 188 g/mol. The molecule has 66 valence electrons. The van der Waals surface area contributed by atoms with Crippen LogP contribution in [0.3, 0.4) is 0 Å². The largest absolute Gasteiger partial charge is 0.468 e. The summed E-state index contributed by atoms with van der Waals surface area (Å²) in [6.07, 6.45) is 1.35. The van der Waals surface area contributed by atoms with Gasteiger partial charge in [0.1, 0.15) is 5.88 Å². The Kier molecular flexibility index (Phi) is 3.52. The number of hydrogen-bond donors (Lipinski definition) is 0. The maximum Gasteiger partial charge on any atom is 0.315 e. The summed E-state index contributed by atoms with van der Waals surface area (Å²) < 4.78 is 4.44. The van der Waals surface area contributed by atoms with Gasteiger partial charge in [-0.3, -0.25) is 4.79 Å². The van der Waals surface area contributed by atoms with Crippen LogP contribution in [0.25, 0.3) is 0 Å². The van der Waals surface area contributed by atoms with E-state index < -0.39 is 0 Å². The fraction of sp³-hybridized carbons (Fsp3) is 0.600. The fourth-order valence-corrected chi connectivity index (χ4v) is 1.17. The molecule has 0 N–H and O–H groups in total. The Balaban J connectivity index is 2.15. The smallest absolute Gasteiger partial charge is 0.315 e. The van der Waals surface area contributed by atoms with Crippen molar-refractivity contribution in [3.8, 4) is 0 Å². The second-order valence-corrected chi connectivity index (χ2v) is 2.82. The number of ether oxygens (including phenoxy) is 1. The van der Waals surface area contributed by atoms with Crippen LogP contribution in [0, 0.1) is 0 Å². The van der Waals surface area contributed by atoms with Crippen molar-refractivity contribution in [2.75, 3.05) is 12.9 Å². The standard InChI is InChI=1S/C5H8N4O2S/c1-11-5(10)2-12-4-9-7-3-6-8-9/h3H,2,4H2,1H3. The topological polar surface area (TPSA) is 69.9 Å². The molecule has 0 unspecified atom stereocenters. The van der Waals surface area contributed by atoms with Crippen molar-refractivity contribution in [1.82, 2.24) is 20.2 Å². The van der Waals surface area contributed by atoms with E-state index in [4.69, 9.17) is 0 Å². The lowest BCUT2D eigenvalue weighted by molar-refractivity contribution is -0.137. The molecule has 0 atom stereocenters. The first-order valence-electron chi connectivity index (χ1n) is 3.18. The van der Waals surface area contributed by atoms with E-state index in [-0.39, 0.29) is 5.97 Å². The Morgan fingerprint density at radius 3 is 3.17 bits per heavy atom. The van der Waals surface area contributed by atoms with Crippen LogP contribution in [-0.4, -0.2) is 39.0 Å². The number of aromatic nitrogens is 4. The van der Waals surface area contributed by atoms with Gasteiger partial charge in [0.15, 0.2) is 6.33 Å². The Morgan fingerprint density at radius 2 is 2.58 bits per heavy atom. The monoisotopic (exact) mass is 188 g/mol. The molecule has 7 heteroatoms. The summed E-state index contributed by atoms with van der Waals surface area (Å²) in [5.74, 6) is 0.563. The van der Waals surface area contributed by atoms with Crippen LogP contribution in [0.15, 0.2) is 6.33 Å². The van der Waals surface area contributed by atoms with Gasteiger partial charge in [-0.25, -0.2) is 0 Å². The molecule has 1 aromatic rings. The van der Waals surface area contributed by atoms with Crippen LogP contribution < -0.4 is 0 Å². The molecule has 0 fully saturated rings. The van der Waals surface area contributed by atoms with Crippen LogP contribution in [0.5, 0.6) is 0 Å². The number of methoxy groups -OCH3 is 1. The molecular formula is C5H8N4O2S. The minimum Gasteiger partial charge on any atom is -0.468 e. The van der Waals surface area contributed by atoms with Crippen molar-refractivity contribution in [1.29, 1.82) is 0 Å². The molecule has 12 heavy (non-hydrogen) atoms. The number of thioether (sulfide) groups is 1. The highest BCUT2D eigenvalue weighted by atomic mass is 32.2. The first kappa shape index (κ1) is 8.98. The molecular weight excluding hydrogens is 180 g/mol. The maximum atomic E-state index is 10.6. The fourth-order valence-electron chi connectivity index (χ4n) is 0.517. The quantitative estimate of drug-likeness (QED) is 0.595. The van der Waals surface area contributed by atoms with Gasteiger partial charge in [0, 0.05) is 0 Å². The highest BCUT2D eigenvalue weighted by Gasteiger charge is 2.00. The Labute approximate surface area is 73.3 Å². The molecule has 0 bridgehead atoms. The number of esters is 1. The summed E-state index contributed by atoms with van der Waals surface area (Å²) in [6, 6.07) is 0. The van der Waals surface area contributed by atoms with E-state index in [2.05, 4.69) is 20.1 Å². The van der Waals surface area contributed by atoms with Crippen molar-refractivity contribution in [3.05, 3.63) is 6.33 Å². The molecule has 1 heterocycles. The minimum atomic E-state index is -0.250. The molecule has 1 rings (SSSR count). The molecule has 0 aliphatic rings. The normalized spacial score (nSPS) is 9.75. The second-order valence-electron chi connectivity index (χ2n) is 1.86. The van der Waals surface area contributed by atoms with Crippen molar-refractivity contribution < 1.29 is 9.53 Å². The highest BCUT2D eigenvalue weighted by Crippen LogP contribution is 2.01. The lowest BCUT2D eigenvalue weighted by atomic mass is 10.8. The minimum absolute atomic E-state index is 0.250. The zero-order chi connectivity index (χ0) is 8.81. The zero-order valence-electron chi connectivity index (χ0n) is 6.51. The number of nitrogens with zero attached hydrogens (tertiary/aromatic N) is 4. The number of tetrazole rings is 1.